The maximum atomic E-state index is 13.3. The minimum absolute atomic E-state index is 0.366. The minimum Gasteiger partial charge on any atom is -0.480 e. The summed E-state index contributed by atoms with van der Waals surface area (Å²) in [6, 6.07) is 9.08. The van der Waals surface area contributed by atoms with E-state index >= 15 is 0 Å². The monoisotopic (exact) mass is 341 g/mol. The molecule has 2 heterocycles. The lowest BCUT2D eigenvalue weighted by molar-refractivity contribution is 0.102. The highest BCUT2D eigenvalue weighted by molar-refractivity contribution is 6.05. The number of rotatable bonds is 5. The van der Waals surface area contributed by atoms with Gasteiger partial charge in [-0.25, -0.2) is 9.07 Å². The average molecular weight is 341 g/mol. The molecule has 0 atom stereocenters. The van der Waals surface area contributed by atoms with Crippen LogP contribution in [0, 0.1) is 5.82 Å². The lowest BCUT2D eigenvalue weighted by Gasteiger charge is -2.08. The maximum absolute atomic E-state index is 13.3. The molecule has 0 saturated carbocycles. The first-order valence-corrected chi connectivity index (χ1v) is 7.64. The van der Waals surface area contributed by atoms with Gasteiger partial charge in [0.2, 0.25) is 5.88 Å². The summed E-state index contributed by atoms with van der Waals surface area (Å²) in [6.45, 7) is 1.91. The van der Waals surface area contributed by atoms with E-state index in [4.69, 9.17) is 4.74 Å². The molecule has 25 heavy (non-hydrogen) atoms. The summed E-state index contributed by atoms with van der Waals surface area (Å²) in [7, 11) is 1.50. The van der Waals surface area contributed by atoms with Crippen molar-refractivity contribution in [1.29, 1.82) is 0 Å². The number of nitrogens with one attached hydrogen (secondary N) is 1. The molecule has 0 bridgehead atoms. The Morgan fingerprint density at radius 2 is 2.12 bits per heavy atom. The summed E-state index contributed by atoms with van der Waals surface area (Å²) >= 11 is 0. The number of carbonyl (C=O) groups is 1. The quantitative estimate of drug-likeness (QED) is 0.771. The number of benzene rings is 1. The van der Waals surface area contributed by atoms with Gasteiger partial charge in [0, 0.05) is 11.8 Å². The normalized spacial score (nSPS) is 10.5. The molecule has 0 saturated heterocycles. The summed E-state index contributed by atoms with van der Waals surface area (Å²) in [4.78, 5) is 12.5. The third-order valence-electron chi connectivity index (χ3n) is 3.58. The molecular weight excluding hydrogens is 325 g/mol. The Morgan fingerprint density at radius 3 is 2.76 bits per heavy atom. The van der Waals surface area contributed by atoms with Gasteiger partial charge in [-0.2, -0.15) is 5.10 Å². The van der Waals surface area contributed by atoms with Crippen LogP contribution in [0.1, 0.15) is 23.0 Å². The van der Waals surface area contributed by atoms with E-state index < -0.39 is 5.82 Å². The smallest absolute Gasteiger partial charge is 0.259 e. The topological polar surface area (TPSA) is 81.9 Å². The molecule has 0 unspecified atom stereocenters. The molecule has 0 aliphatic rings. The van der Waals surface area contributed by atoms with Gasteiger partial charge in [0.15, 0.2) is 5.82 Å². The molecule has 3 aromatic rings. The van der Waals surface area contributed by atoms with Crippen LogP contribution in [-0.2, 0) is 6.42 Å². The van der Waals surface area contributed by atoms with Crippen molar-refractivity contribution in [3.63, 3.8) is 0 Å². The molecular formula is C17H16FN5O2. The standard InChI is InChI=1S/C17H16FN5O2/c1-3-14-13(17(24)20-12-6-4-5-11(18)9-12)10-19-23(14)15-7-8-16(25-2)22-21-15/h4-10H,3H2,1-2H3,(H,20,24). The van der Waals surface area contributed by atoms with Crippen LogP contribution in [0.5, 0.6) is 5.88 Å². The third kappa shape index (κ3) is 3.47. The fourth-order valence-corrected chi connectivity index (χ4v) is 2.40. The molecule has 0 aliphatic carbocycles. The van der Waals surface area contributed by atoms with Gasteiger partial charge in [-0.15, -0.1) is 10.2 Å². The highest BCUT2D eigenvalue weighted by Crippen LogP contribution is 2.17. The fraction of sp³-hybridized carbons (Fsp3) is 0.176. The molecule has 1 amide bonds. The zero-order chi connectivity index (χ0) is 17.8. The zero-order valence-electron chi connectivity index (χ0n) is 13.7. The summed E-state index contributed by atoms with van der Waals surface area (Å²) in [6.07, 6.45) is 2.01. The van der Waals surface area contributed by atoms with E-state index in [1.54, 1.807) is 22.9 Å². The van der Waals surface area contributed by atoms with Crippen molar-refractivity contribution in [2.24, 2.45) is 0 Å². The molecule has 8 heteroatoms. The van der Waals surface area contributed by atoms with Crippen LogP contribution in [0.2, 0.25) is 0 Å². The van der Waals surface area contributed by atoms with E-state index in [0.29, 0.717) is 35.1 Å². The largest absolute Gasteiger partial charge is 0.480 e. The van der Waals surface area contributed by atoms with Crippen molar-refractivity contribution >= 4 is 11.6 Å². The van der Waals surface area contributed by atoms with Gasteiger partial charge < -0.3 is 10.1 Å². The molecule has 2 aromatic heterocycles. The fourth-order valence-electron chi connectivity index (χ4n) is 2.40. The van der Waals surface area contributed by atoms with E-state index in [-0.39, 0.29) is 5.91 Å². The summed E-state index contributed by atoms with van der Waals surface area (Å²) in [5, 5.41) is 14.8. The second kappa shape index (κ2) is 7.08. The molecule has 128 valence electrons. The van der Waals surface area contributed by atoms with Gasteiger partial charge in [0.1, 0.15) is 5.82 Å². The van der Waals surface area contributed by atoms with Crippen molar-refractivity contribution in [2.75, 3.05) is 12.4 Å². The highest BCUT2D eigenvalue weighted by Gasteiger charge is 2.18. The van der Waals surface area contributed by atoms with E-state index in [2.05, 4.69) is 20.6 Å². The van der Waals surface area contributed by atoms with Crippen LogP contribution >= 0.6 is 0 Å². The number of hydrogen-bond acceptors (Lipinski definition) is 5. The predicted octanol–water partition coefficient (Wildman–Crippen LogP) is 2.62. The molecule has 0 fully saturated rings. The second-order valence-electron chi connectivity index (χ2n) is 5.17. The first kappa shape index (κ1) is 16.6. The van der Waals surface area contributed by atoms with Crippen LogP contribution in [0.15, 0.2) is 42.6 Å². The van der Waals surface area contributed by atoms with Crippen LogP contribution in [0.4, 0.5) is 10.1 Å². The highest BCUT2D eigenvalue weighted by atomic mass is 19.1. The zero-order valence-corrected chi connectivity index (χ0v) is 13.7. The lowest BCUT2D eigenvalue weighted by Crippen LogP contribution is -2.14. The number of anilines is 1. The molecule has 1 N–H and O–H groups in total. The van der Waals surface area contributed by atoms with Gasteiger partial charge >= 0.3 is 0 Å². The molecule has 0 spiro atoms. The molecule has 3 rings (SSSR count). The number of hydrogen-bond donors (Lipinski definition) is 1. The predicted molar refractivity (Wildman–Crippen MR) is 89.4 cm³/mol. The average Bonchev–Trinajstić information content (AvgIpc) is 3.06. The van der Waals surface area contributed by atoms with E-state index in [1.165, 1.54) is 31.5 Å². The lowest BCUT2D eigenvalue weighted by atomic mass is 10.2. The van der Waals surface area contributed by atoms with Crippen molar-refractivity contribution in [3.8, 4) is 11.7 Å². The summed E-state index contributed by atoms with van der Waals surface area (Å²) in [5.74, 6) is 0.0772. The van der Waals surface area contributed by atoms with Gasteiger partial charge in [-0.05, 0) is 30.7 Å². The first-order chi connectivity index (χ1) is 12.1. The van der Waals surface area contributed by atoms with E-state index in [9.17, 15) is 9.18 Å². The Hall–Kier alpha value is -3.29. The Bertz CT molecular complexity index is 892. The van der Waals surface area contributed by atoms with Crippen molar-refractivity contribution in [1.82, 2.24) is 20.0 Å². The minimum atomic E-state index is -0.419. The Kier molecular flexibility index (Phi) is 4.69. The van der Waals surface area contributed by atoms with Gasteiger partial charge in [0.25, 0.3) is 5.91 Å². The maximum Gasteiger partial charge on any atom is 0.259 e. The summed E-state index contributed by atoms with van der Waals surface area (Å²) < 4.78 is 19.8. The number of halogens is 1. The van der Waals surface area contributed by atoms with Crippen molar-refractivity contribution in [2.45, 2.75) is 13.3 Å². The van der Waals surface area contributed by atoms with Crippen LogP contribution in [-0.4, -0.2) is 33.0 Å². The summed E-state index contributed by atoms with van der Waals surface area (Å²) in [5.41, 5.74) is 1.45. The Balaban J connectivity index is 1.89. The van der Waals surface area contributed by atoms with Gasteiger partial charge in [-0.1, -0.05) is 13.0 Å². The molecule has 0 aliphatic heterocycles. The third-order valence-corrected chi connectivity index (χ3v) is 3.58. The molecule has 0 radical (unpaired) electrons. The van der Waals surface area contributed by atoms with Gasteiger partial charge in [-0.3, -0.25) is 4.79 Å². The number of amides is 1. The molecule has 1 aromatic carbocycles. The number of carbonyl (C=O) groups excluding carboxylic acids is 1. The van der Waals surface area contributed by atoms with Crippen LogP contribution < -0.4 is 10.1 Å². The SMILES string of the molecule is CCc1c(C(=O)Nc2cccc(F)c2)cnn1-c1ccc(OC)nn1. The number of nitrogens with zero attached hydrogens (tertiary/aromatic N) is 4. The number of aromatic nitrogens is 4. The van der Waals surface area contributed by atoms with Crippen LogP contribution in [0.3, 0.4) is 0 Å². The van der Waals surface area contributed by atoms with Crippen molar-refractivity contribution < 1.29 is 13.9 Å². The van der Waals surface area contributed by atoms with Crippen molar-refractivity contribution in [3.05, 3.63) is 59.7 Å². The van der Waals surface area contributed by atoms with E-state index in [1.807, 2.05) is 6.92 Å². The number of ether oxygens (including phenoxy) is 1. The molecule has 7 nitrogen and oxygen atoms in total. The Morgan fingerprint density at radius 1 is 1.28 bits per heavy atom. The Labute approximate surface area is 143 Å². The first-order valence-electron chi connectivity index (χ1n) is 7.64. The second-order valence-corrected chi connectivity index (χ2v) is 5.17. The van der Waals surface area contributed by atoms with Gasteiger partial charge in [0.05, 0.1) is 24.6 Å². The van der Waals surface area contributed by atoms with Crippen LogP contribution in [0.25, 0.3) is 5.82 Å². The number of methoxy groups -OCH3 is 1. The van der Waals surface area contributed by atoms with E-state index in [0.717, 1.165) is 0 Å².